The molecule has 6 atom stereocenters. The molecule has 3 aromatic rings. The minimum absolute atomic E-state index is 0.0407. The Hall–Kier alpha value is -7.46. The minimum atomic E-state index is -2.16. The van der Waals surface area contributed by atoms with E-state index in [0.29, 0.717) is 82.4 Å². The van der Waals surface area contributed by atoms with Gasteiger partial charge >= 0.3 is 11.9 Å². The van der Waals surface area contributed by atoms with E-state index in [0.717, 1.165) is 12.0 Å². The number of benzene rings is 3. The van der Waals surface area contributed by atoms with Crippen LogP contribution in [0.4, 0.5) is 0 Å². The Balaban J connectivity index is 0.000000206. The predicted octanol–water partition coefficient (Wildman–Crippen LogP) is 11.2. The Kier molecular flexibility index (Phi) is 13.8. The van der Waals surface area contributed by atoms with Gasteiger partial charge in [0.15, 0.2) is 28.7 Å². The van der Waals surface area contributed by atoms with Gasteiger partial charge in [0.2, 0.25) is 5.60 Å². The summed E-state index contributed by atoms with van der Waals surface area (Å²) in [6.45, 7) is 18.9. The number of hydrogen-bond donors (Lipinski definition) is 4. The van der Waals surface area contributed by atoms with E-state index in [2.05, 4.69) is 6.08 Å². The lowest BCUT2D eigenvalue weighted by Gasteiger charge is -2.50. The van der Waals surface area contributed by atoms with Crippen LogP contribution in [0.1, 0.15) is 150 Å². The van der Waals surface area contributed by atoms with Crippen molar-refractivity contribution >= 4 is 35.7 Å². The normalized spacial score (nSPS) is 26.1. The van der Waals surface area contributed by atoms with Crippen molar-refractivity contribution in [3.8, 4) is 51.7 Å². The van der Waals surface area contributed by atoms with Gasteiger partial charge in [-0.05, 0) is 132 Å². The zero-order valence-electron chi connectivity index (χ0n) is 45.7. The van der Waals surface area contributed by atoms with Crippen molar-refractivity contribution < 1.29 is 77.5 Å². The molecule has 1 aliphatic carbocycles. The Labute approximate surface area is 448 Å². The summed E-state index contributed by atoms with van der Waals surface area (Å²) in [5.41, 5.74) is -1.74. The van der Waals surface area contributed by atoms with Gasteiger partial charge in [0.1, 0.15) is 75.3 Å². The molecule has 16 nitrogen and oxygen atoms in total. The third-order valence-electron chi connectivity index (χ3n) is 15.8. The molecule has 0 amide bonds. The van der Waals surface area contributed by atoms with Gasteiger partial charge in [0.25, 0.3) is 0 Å². The Morgan fingerprint density at radius 1 is 0.792 bits per heavy atom. The molecule has 6 heterocycles. The number of ketones is 2. The molecule has 0 bridgehead atoms. The molecule has 77 heavy (non-hydrogen) atoms. The molecule has 1 fully saturated rings. The first kappa shape index (κ1) is 54.3. The molecule has 7 aliphatic rings. The Bertz CT molecular complexity index is 3210. The molecular formula is C61H68O16. The minimum Gasteiger partial charge on any atom is -0.507 e. The van der Waals surface area contributed by atoms with Crippen LogP contribution in [0, 0.1) is 5.92 Å². The number of carboxylic acid groups (broad SMARTS) is 2. The van der Waals surface area contributed by atoms with Gasteiger partial charge in [-0.3, -0.25) is 9.59 Å². The summed E-state index contributed by atoms with van der Waals surface area (Å²) in [7, 11) is 3.07. The summed E-state index contributed by atoms with van der Waals surface area (Å²) in [4.78, 5) is 53.6. The first-order chi connectivity index (χ1) is 36.2. The van der Waals surface area contributed by atoms with E-state index in [9.17, 15) is 39.6 Å². The predicted molar refractivity (Wildman–Crippen MR) is 286 cm³/mol. The molecule has 0 aromatic heterocycles. The smallest absolute Gasteiger partial charge is 0.340 e. The van der Waals surface area contributed by atoms with E-state index in [1.165, 1.54) is 31.7 Å². The number of aliphatic carboxylic acids is 2. The second-order valence-electron chi connectivity index (χ2n) is 22.6. The second-order valence-corrected chi connectivity index (χ2v) is 22.6. The summed E-state index contributed by atoms with van der Waals surface area (Å²) in [6, 6.07) is 4.92. The third kappa shape index (κ3) is 9.01. The SMILES string of the molecule is CC(C)=CCCC1(C)C=Cc2c(O)c3c(c(CC=C(C)C)c2O1)OC12C(=CCCC1C(C)(C)OC2(CC=C(C)C(=O)O)C(=O)O)C3=O.COc1cc2c(cc1OC)C1C(=O)c3c(O)cc4c(c3OC1CO2)C=CC(C)(C)O4. The highest BCUT2D eigenvalue weighted by atomic mass is 16.6. The topological polar surface area (TPSA) is 223 Å². The van der Waals surface area contributed by atoms with Crippen LogP contribution in [-0.4, -0.2) is 98.9 Å². The van der Waals surface area contributed by atoms with Crippen LogP contribution in [0.2, 0.25) is 0 Å². The van der Waals surface area contributed by atoms with Crippen LogP contribution in [0.3, 0.4) is 0 Å². The maximum absolute atomic E-state index is 14.7. The lowest BCUT2D eigenvalue weighted by molar-refractivity contribution is -0.184. The molecule has 16 heteroatoms. The quantitative estimate of drug-likeness (QED) is 0.104. The maximum atomic E-state index is 14.7. The number of Topliss-reactive ketones (excluding diaryl/α,β-unsaturated/α-hetero) is 2. The molecule has 4 N–H and O–H groups in total. The molecule has 1 spiro atoms. The van der Waals surface area contributed by atoms with Crippen molar-refractivity contribution in [2.45, 2.75) is 148 Å². The molecule has 408 valence electrons. The van der Waals surface area contributed by atoms with Gasteiger partial charge in [0, 0.05) is 46.7 Å². The lowest BCUT2D eigenvalue weighted by atomic mass is 9.60. The lowest BCUT2D eigenvalue weighted by Crippen LogP contribution is -2.66. The zero-order valence-corrected chi connectivity index (χ0v) is 45.7. The molecule has 1 saturated heterocycles. The van der Waals surface area contributed by atoms with Crippen molar-refractivity contribution in [1.29, 1.82) is 0 Å². The molecule has 3 aromatic carbocycles. The molecule has 6 aliphatic heterocycles. The van der Waals surface area contributed by atoms with Gasteiger partial charge in [-0.2, -0.15) is 0 Å². The van der Waals surface area contributed by atoms with E-state index in [1.54, 1.807) is 45.2 Å². The van der Waals surface area contributed by atoms with Gasteiger partial charge in [0.05, 0.1) is 36.9 Å². The summed E-state index contributed by atoms with van der Waals surface area (Å²) >= 11 is 0. The van der Waals surface area contributed by atoms with E-state index in [4.69, 9.17) is 37.9 Å². The number of hydrogen-bond acceptors (Lipinski definition) is 14. The van der Waals surface area contributed by atoms with Crippen LogP contribution in [0.5, 0.6) is 51.7 Å². The summed E-state index contributed by atoms with van der Waals surface area (Å²) < 4.78 is 49.0. The van der Waals surface area contributed by atoms with Crippen LogP contribution >= 0.6 is 0 Å². The maximum Gasteiger partial charge on any atom is 0.340 e. The van der Waals surface area contributed by atoms with E-state index in [-0.39, 0.29) is 58.3 Å². The molecular weight excluding hydrogens is 989 g/mol. The van der Waals surface area contributed by atoms with Gasteiger partial charge in [-0.25, -0.2) is 9.59 Å². The highest BCUT2D eigenvalue weighted by Crippen LogP contribution is 2.65. The Morgan fingerprint density at radius 3 is 2.14 bits per heavy atom. The summed E-state index contributed by atoms with van der Waals surface area (Å²) in [6.07, 6.45) is 16.4. The van der Waals surface area contributed by atoms with Crippen LogP contribution < -0.4 is 33.2 Å². The highest BCUT2D eigenvalue weighted by molar-refractivity contribution is 6.17. The first-order valence-electron chi connectivity index (χ1n) is 26.0. The number of carbonyl (C=O) groups is 4. The van der Waals surface area contributed by atoms with E-state index < -0.39 is 63.7 Å². The standard InChI is InChI=1S/C38H46O9.C23H22O7/c1-21(2)11-10-18-36(8)19-17-24-29(39)28-30(40)26-12-9-13-27-35(6,7)47-37(34(43)44,20-16-23(5)33(41)42)38(26,27)46-32(28)25(31(24)45-36)15-14-22(3)4;1-23(2)6-5-11-15(30-23)8-13(24)20-21(25)19-12-7-16(26-3)17(27-4)9-14(12)28-10-18(19)29-22(11)20/h11-12,14,16-17,19,27,39H,9-10,13,15,18,20H2,1-8H3,(H,41,42)(H,43,44);5-9,18-19,24H,10H2,1-4H3. The number of fused-ring (bicyclic) bond motifs is 8. The number of phenolic OH excluding ortho intramolecular Hbond substituents is 2. The van der Waals surface area contributed by atoms with Crippen molar-refractivity contribution in [3.63, 3.8) is 0 Å². The Morgan fingerprint density at radius 2 is 1.48 bits per heavy atom. The van der Waals surface area contributed by atoms with Crippen molar-refractivity contribution in [3.05, 3.63) is 110 Å². The third-order valence-corrected chi connectivity index (χ3v) is 15.8. The molecule has 6 unspecified atom stereocenters. The largest absolute Gasteiger partial charge is 0.507 e. The molecule has 0 radical (unpaired) electrons. The summed E-state index contributed by atoms with van der Waals surface area (Å²) in [5, 5.41) is 43.1. The number of rotatable bonds is 11. The van der Waals surface area contributed by atoms with Gasteiger partial charge in [-0.15, -0.1) is 0 Å². The van der Waals surface area contributed by atoms with Crippen molar-refractivity contribution in [2.24, 2.45) is 5.92 Å². The zero-order chi connectivity index (χ0) is 55.9. The monoisotopic (exact) mass is 1060 g/mol. The average Bonchev–Trinajstić information content (AvgIpc) is 3.61. The molecule has 10 rings (SSSR count). The number of ether oxygens (including phenoxy) is 8. The molecule has 0 saturated carbocycles. The van der Waals surface area contributed by atoms with Crippen LogP contribution in [0.15, 0.2) is 76.9 Å². The fraction of sp³-hybridized carbons (Fsp3) is 0.443. The number of allylic oxidation sites excluding steroid dienone is 5. The van der Waals surface area contributed by atoms with Gasteiger partial charge < -0.3 is 58.3 Å². The highest BCUT2D eigenvalue weighted by Gasteiger charge is 2.77. The number of carbonyl (C=O) groups excluding carboxylic acids is 2. The summed E-state index contributed by atoms with van der Waals surface area (Å²) in [5.74, 6) is -2.19. The number of phenols is 2. The van der Waals surface area contributed by atoms with Crippen LogP contribution in [-0.2, 0) is 20.7 Å². The van der Waals surface area contributed by atoms with E-state index >= 15 is 0 Å². The number of aromatic hydroxyl groups is 2. The average molecular weight is 1060 g/mol. The fourth-order valence-electron chi connectivity index (χ4n) is 11.9. The van der Waals surface area contributed by atoms with Gasteiger partial charge in [-0.1, -0.05) is 35.5 Å². The number of carboxylic acids is 2. The number of methoxy groups -OCH3 is 2. The first-order valence-corrected chi connectivity index (χ1v) is 26.0. The second kappa shape index (κ2) is 19.5. The van der Waals surface area contributed by atoms with Crippen LogP contribution in [0.25, 0.3) is 12.2 Å². The van der Waals surface area contributed by atoms with E-state index in [1.807, 2.05) is 72.8 Å². The van der Waals surface area contributed by atoms with Crippen molar-refractivity contribution in [2.75, 3.05) is 20.8 Å². The fourth-order valence-corrected chi connectivity index (χ4v) is 11.9. The van der Waals surface area contributed by atoms with Crippen molar-refractivity contribution in [1.82, 2.24) is 0 Å².